The first kappa shape index (κ1) is 18.9. The number of hydrogen-bond donors (Lipinski definition) is 1. The smallest absolute Gasteiger partial charge is 0.252 e. The summed E-state index contributed by atoms with van der Waals surface area (Å²) >= 11 is 0. The van der Waals surface area contributed by atoms with Crippen LogP contribution in [0.3, 0.4) is 0 Å². The Labute approximate surface area is 169 Å². The van der Waals surface area contributed by atoms with Crippen molar-refractivity contribution in [3.63, 3.8) is 0 Å². The van der Waals surface area contributed by atoms with Crippen LogP contribution in [0.25, 0.3) is 16.7 Å². The number of carbonyl (C=O) groups excluding carboxylic acids is 1. The topological polar surface area (TPSA) is 77.6 Å². The number of hydrogen-bond acceptors (Lipinski definition) is 4. The number of rotatable bonds is 5. The second kappa shape index (κ2) is 7.50. The molecule has 0 aliphatic carbocycles. The lowest BCUT2D eigenvalue weighted by Crippen LogP contribution is -2.28. The van der Waals surface area contributed by atoms with Crippen LogP contribution in [0.2, 0.25) is 0 Å². The van der Waals surface area contributed by atoms with Gasteiger partial charge < -0.3 is 5.32 Å². The Kier molecular flexibility index (Phi) is 4.88. The van der Waals surface area contributed by atoms with Crippen LogP contribution < -0.4 is 5.32 Å². The molecule has 0 radical (unpaired) electrons. The highest BCUT2D eigenvalue weighted by Crippen LogP contribution is 2.25. The van der Waals surface area contributed by atoms with Gasteiger partial charge in [0.25, 0.3) is 5.91 Å². The van der Waals surface area contributed by atoms with E-state index in [2.05, 4.69) is 20.5 Å². The van der Waals surface area contributed by atoms with E-state index in [-0.39, 0.29) is 11.9 Å². The predicted molar refractivity (Wildman–Crippen MR) is 112 cm³/mol. The van der Waals surface area contributed by atoms with E-state index in [1.165, 1.54) is 0 Å². The average Bonchev–Trinajstić information content (AvgIpc) is 3.32. The van der Waals surface area contributed by atoms with Crippen LogP contribution in [-0.4, -0.2) is 30.5 Å². The van der Waals surface area contributed by atoms with Crippen molar-refractivity contribution in [1.29, 1.82) is 0 Å². The molecule has 0 bridgehead atoms. The molecule has 1 N–H and O–H groups in total. The lowest BCUT2D eigenvalue weighted by atomic mass is 10.1. The maximum Gasteiger partial charge on any atom is 0.252 e. The molecule has 0 saturated heterocycles. The number of carbonyl (C=O) groups is 1. The van der Waals surface area contributed by atoms with E-state index in [0.29, 0.717) is 11.2 Å². The molecular formula is C22H24N6O. The summed E-state index contributed by atoms with van der Waals surface area (Å²) in [6.45, 7) is 8.55. The monoisotopic (exact) mass is 388 g/mol. The zero-order valence-electron chi connectivity index (χ0n) is 17.0. The van der Waals surface area contributed by atoms with Crippen LogP contribution in [0, 0.1) is 13.8 Å². The average molecular weight is 388 g/mol. The summed E-state index contributed by atoms with van der Waals surface area (Å²) in [5.41, 5.74) is 4.69. The van der Waals surface area contributed by atoms with Crippen molar-refractivity contribution in [3.05, 3.63) is 71.3 Å². The molecule has 0 aliphatic heterocycles. The number of aromatic nitrogens is 5. The second-order valence-corrected chi connectivity index (χ2v) is 7.11. The molecule has 29 heavy (non-hydrogen) atoms. The summed E-state index contributed by atoms with van der Waals surface area (Å²) in [5, 5.41) is 12.8. The van der Waals surface area contributed by atoms with Crippen molar-refractivity contribution in [2.75, 3.05) is 0 Å². The van der Waals surface area contributed by atoms with Crippen LogP contribution in [0.5, 0.6) is 0 Å². The van der Waals surface area contributed by atoms with Gasteiger partial charge in [0.15, 0.2) is 5.65 Å². The largest absolute Gasteiger partial charge is 0.344 e. The van der Waals surface area contributed by atoms with Gasteiger partial charge in [0.1, 0.15) is 0 Å². The van der Waals surface area contributed by atoms with Crippen LogP contribution in [0.1, 0.15) is 47.3 Å². The van der Waals surface area contributed by atoms with Gasteiger partial charge in [0.05, 0.1) is 34.1 Å². The maximum atomic E-state index is 13.2. The third kappa shape index (κ3) is 3.40. The van der Waals surface area contributed by atoms with Crippen LogP contribution >= 0.6 is 0 Å². The van der Waals surface area contributed by atoms with Crippen molar-refractivity contribution < 1.29 is 4.79 Å². The van der Waals surface area contributed by atoms with Gasteiger partial charge in [-0.2, -0.15) is 10.2 Å². The van der Waals surface area contributed by atoms with E-state index in [1.54, 1.807) is 10.9 Å². The van der Waals surface area contributed by atoms with E-state index in [0.717, 1.165) is 34.7 Å². The highest BCUT2D eigenvalue weighted by atomic mass is 16.1. The molecule has 3 aromatic heterocycles. The van der Waals surface area contributed by atoms with Gasteiger partial charge in [0, 0.05) is 18.4 Å². The first-order valence-corrected chi connectivity index (χ1v) is 9.74. The van der Waals surface area contributed by atoms with Gasteiger partial charge in [-0.3, -0.25) is 9.48 Å². The van der Waals surface area contributed by atoms with E-state index in [9.17, 15) is 4.79 Å². The maximum absolute atomic E-state index is 13.2. The summed E-state index contributed by atoms with van der Waals surface area (Å²) < 4.78 is 3.68. The Morgan fingerprint density at radius 2 is 1.93 bits per heavy atom. The van der Waals surface area contributed by atoms with Gasteiger partial charge in [-0.1, -0.05) is 18.2 Å². The third-order valence-electron chi connectivity index (χ3n) is 5.03. The molecule has 148 valence electrons. The minimum absolute atomic E-state index is 0.146. The molecule has 7 nitrogen and oxygen atoms in total. The zero-order chi connectivity index (χ0) is 20.5. The third-order valence-corrected chi connectivity index (χ3v) is 5.03. The number of nitrogens with one attached hydrogen (secondary N) is 1. The Balaban J connectivity index is 1.76. The molecule has 0 unspecified atom stereocenters. The molecule has 3 heterocycles. The summed E-state index contributed by atoms with van der Waals surface area (Å²) in [5.74, 6) is -0.146. The number of pyridine rings is 1. The normalized spacial score (nSPS) is 12.3. The standard InChI is InChI=1S/C22H24N6O/c1-5-27-19(11-12-23-27)15(3)25-22(29)18-13-14(2)24-21-20(18)16(4)26-28(21)17-9-7-6-8-10-17/h6-13,15H,5H2,1-4H3,(H,25,29)/t15-/m0/s1. The Morgan fingerprint density at radius 1 is 1.17 bits per heavy atom. The van der Waals surface area contributed by atoms with E-state index >= 15 is 0 Å². The molecule has 4 rings (SSSR count). The first-order chi connectivity index (χ1) is 14.0. The van der Waals surface area contributed by atoms with Gasteiger partial charge in [0.2, 0.25) is 0 Å². The first-order valence-electron chi connectivity index (χ1n) is 9.74. The Morgan fingerprint density at radius 3 is 2.66 bits per heavy atom. The lowest BCUT2D eigenvalue weighted by Gasteiger charge is -2.16. The van der Waals surface area contributed by atoms with Crippen molar-refractivity contribution >= 4 is 16.9 Å². The summed E-state index contributed by atoms with van der Waals surface area (Å²) in [6.07, 6.45) is 1.75. The zero-order valence-corrected chi connectivity index (χ0v) is 17.0. The molecule has 0 saturated carbocycles. The molecule has 1 amide bonds. The fourth-order valence-corrected chi connectivity index (χ4v) is 3.67. The van der Waals surface area contributed by atoms with Crippen LogP contribution in [0.4, 0.5) is 0 Å². The quantitative estimate of drug-likeness (QED) is 0.565. The van der Waals surface area contributed by atoms with Gasteiger partial charge in [-0.05, 0) is 52.0 Å². The number of nitrogens with zero attached hydrogens (tertiary/aromatic N) is 5. The van der Waals surface area contributed by atoms with Crippen LogP contribution in [0.15, 0.2) is 48.7 Å². The molecule has 0 spiro atoms. The van der Waals surface area contributed by atoms with E-state index in [4.69, 9.17) is 0 Å². The molecule has 0 fully saturated rings. The number of para-hydroxylation sites is 1. The van der Waals surface area contributed by atoms with E-state index in [1.807, 2.05) is 74.8 Å². The summed E-state index contributed by atoms with van der Waals surface area (Å²) in [4.78, 5) is 17.9. The van der Waals surface area contributed by atoms with Crippen molar-refractivity contribution in [3.8, 4) is 5.69 Å². The molecule has 4 aromatic rings. The van der Waals surface area contributed by atoms with Gasteiger partial charge in [-0.15, -0.1) is 0 Å². The fourth-order valence-electron chi connectivity index (χ4n) is 3.67. The molecule has 0 aliphatic rings. The van der Waals surface area contributed by atoms with Gasteiger partial charge in [-0.25, -0.2) is 9.67 Å². The molecule has 1 aromatic carbocycles. The summed E-state index contributed by atoms with van der Waals surface area (Å²) in [7, 11) is 0. The number of aryl methyl sites for hydroxylation is 3. The predicted octanol–water partition coefficient (Wildman–Crippen LogP) is 3.74. The minimum Gasteiger partial charge on any atom is -0.344 e. The SMILES string of the molecule is CCn1nccc1[C@H](C)NC(=O)c1cc(C)nc2c1c(C)nn2-c1ccccc1. The number of fused-ring (bicyclic) bond motifs is 1. The minimum atomic E-state index is -0.169. The van der Waals surface area contributed by atoms with Crippen molar-refractivity contribution in [1.82, 2.24) is 29.9 Å². The molecule has 7 heteroatoms. The Bertz CT molecular complexity index is 1170. The highest BCUT2D eigenvalue weighted by Gasteiger charge is 2.21. The molecule has 1 atom stereocenters. The van der Waals surface area contributed by atoms with Crippen molar-refractivity contribution in [2.45, 2.75) is 40.3 Å². The molecular weight excluding hydrogens is 364 g/mol. The number of amides is 1. The van der Waals surface area contributed by atoms with Crippen LogP contribution in [-0.2, 0) is 6.54 Å². The summed E-state index contributed by atoms with van der Waals surface area (Å²) in [6, 6.07) is 13.4. The fraction of sp³-hybridized carbons (Fsp3) is 0.273. The second-order valence-electron chi connectivity index (χ2n) is 7.11. The highest BCUT2D eigenvalue weighted by molar-refractivity contribution is 6.06. The lowest BCUT2D eigenvalue weighted by molar-refractivity contribution is 0.0939. The van der Waals surface area contributed by atoms with Gasteiger partial charge >= 0.3 is 0 Å². The van der Waals surface area contributed by atoms with Crippen molar-refractivity contribution in [2.24, 2.45) is 0 Å². The number of benzene rings is 1. The van der Waals surface area contributed by atoms with E-state index < -0.39 is 0 Å². The Hall–Kier alpha value is -3.48.